The smallest absolute Gasteiger partial charge is 0.262 e. The number of benzene rings is 1. The molecule has 2 aliphatic heterocycles. The number of ether oxygens (including phenoxy) is 2. The molecule has 3 fully saturated rings. The van der Waals surface area contributed by atoms with Gasteiger partial charge < -0.3 is 15.2 Å². The van der Waals surface area contributed by atoms with Crippen molar-refractivity contribution in [3.63, 3.8) is 0 Å². The van der Waals surface area contributed by atoms with Gasteiger partial charge in [0.1, 0.15) is 0 Å². The molecule has 1 aromatic rings. The van der Waals surface area contributed by atoms with Crippen molar-refractivity contribution in [3.05, 3.63) is 35.4 Å². The number of guanidine groups is 1. The Kier molecular flexibility index (Phi) is 6.73. The Morgan fingerprint density at radius 2 is 2.00 bits per heavy atom. The number of hydrogen-bond acceptors (Lipinski definition) is 5. The summed E-state index contributed by atoms with van der Waals surface area (Å²) in [6.45, 7) is 3.47. The summed E-state index contributed by atoms with van der Waals surface area (Å²) in [6, 6.07) is 8.69. The predicted octanol–water partition coefficient (Wildman–Crippen LogP) is 4.55. The van der Waals surface area contributed by atoms with E-state index >= 15 is 0 Å². The number of methoxy groups -OCH3 is 1. The molecule has 1 aromatic carbocycles. The Labute approximate surface area is 204 Å². The lowest BCUT2D eigenvalue weighted by Crippen LogP contribution is -2.55. The van der Waals surface area contributed by atoms with Crippen LogP contribution in [0.15, 0.2) is 29.3 Å². The molecule has 2 saturated carbocycles. The number of aliphatic imine (C=N–C) groups is 1. The predicted molar refractivity (Wildman–Crippen MR) is 133 cm³/mol. The minimum absolute atomic E-state index is 0.0394. The lowest BCUT2D eigenvalue weighted by atomic mass is 9.57. The Balaban J connectivity index is 1.53. The molecule has 5 rings (SSSR count). The SMILES string of the molecule is CCC1(C2(c3cccc(CCC4CC4)c3)N=C(N)N(CC3CCCO3)C2=O)CCC(OC)CC1. The van der Waals surface area contributed by atoms with Crippen LogP contribution in [0.4, 0.5) is 0 Å². The second kappa shape index (κ2) is 9.62. The second-order valence-corrected chi connectivity index (χ2v) is 11.0. The first-order valence-electron chi connectivity index (χ1n) is 13.4. The molecule has 186 valence electrons. The molecule has 6 heteroatoms. The van der Waals surface area contributed by atoms with Crippen LogP contribution in [0.5, 0.6) is 0 Å². The van der Waals surface area contributed by atoms with E-state index in [1.807, 2.05) is 0 Å². The summed E-state index contributed by atoms with van der Waals surface area (Å²) < 4.78 is 11.6. The zero-order valence-corrected chi connectivity index (χ0v) is 20.9. The highest BCUT2D eigenvalue weighted by Crippen LogP contribution is 2.57. The summed E-state index contributed by atoms with van der Waals surface area (Å²) in [5, 5.41) is 0. The van der Waals surface area contributed by atoms with Gasteiger partial charge in [-0.05, 0) is 74.8 Å². The summed E-state index contributed by atoms with van der Waals surface area (Å²) in [4.78, 5) is 21.3. The molecule has 2 N–H and O–H groups in total. The van der Waals surface area contributed by atoms with Gasteiger partial charge in [0.05, 0.1) is 18.8 Å². The third-order valence-corrected chi connectivity index (χ3v) is 9.07. The van der Waals surface area contributed by atoms with E-state index in [0.29, 0.717) is 12.5 Å². The minimum Gasteiger partial charge on any atom is -0.381 e. The summed E-state index contributed by atoms with van der Waals surface area (Å²) in [5.74, 6) is 1.27. The highest BCUT2D eigenvalue weighted by atomic mass is 16.5. The second-order valence-electron chi connectivity index (χ2n) is 11.0. The molecule has 4 aliphatic rings. The van der Waals surface area contributed by atoms with Crippen LogP contribution in [0.25, 0.3) is 0 Å². The Bertz CT molecular complexity index is 913. The molecule has 2 heterocycles. The van der Waals surface area contributed by atoms with Gasteiger partial charge in [0.25, 0.3) is 5.91 Å². The van der Waals surface area contributed by atoms with Gasteiger partial charge in [-0.2, -0.15) is 0 Å². The first kappa shape index (κ1) is 23.8. The van der Waals surface area contributed by atoms with Gasteiger partial charge >= 0.3 is 0 Å². The molecule has 0 spiro atoms. The molecular formula is C28H41N3O3. The number of carbonyl (C=O) groups excluding carboxylic acids is 1. The van der Waals surface area contributed by atoms with Crippen LogP contribution in [0.2, 0.25) is 0 Å². The first-order chi connectivity index (χ1) is 16.5. The molecule has 0 bridgehead atoms. The molecule has 6 nitrogen and oxygen atoms in total. The van der Waals surface area contributed by atoms with Crippen LogP contribution in [-0.4, -0.2) is 49.2 Å². The number of carbonyl (C=O) groups is 1. The van der Waals surface area contributed by atoms with Crippen LogP contribution in [0, 0.1) is 11.3 Å². The normalized spacial score (nSPS) is 34.0. The average Bonchev–Trinajstić information content (AvgIpc) is 3.49. The van der Waals surface area contributed by atoms with Crippen molar-refractivity contribution in [1.82, 2.24) is 4.90 Å². The quantitative estimate of drug-likeness (QED) is 0.578. The van der Waals surface area contributed by atoms with E-state index in [1.165, 1.54) is 24.8 Å². The minimum atomic E-state index is -0.973. The molecule has 1 amide bonds. The van der Waals surface area contributed by atoms with Gasteiger partial charge in [0.2, 0.25) is 0 Å². The zero-order chi connectivity index (χ0) is 23.8. The fourth-order valence-electron chi connectivity index (χ4n) is 6.67. The highest BCUT2D eigenvalue weighted by Gasteiger charge is 2.62. The summed E-state index contributed by atoms with van der Waals surface area (Å²) >= 11 is 0. The van der Waals surface area contributed by atoms with Crippen molar-refractivity contribution in [2.45, 2.75) is 95.3 Å². The molecule has 1 saturated heterocycles. The molecular weight excluding hydrogens is 426 g/mol. The summed E-state index contributed by atoms with van der Waals surface area (Å²) in [7, 11) is 1.79. The Morgan fingerprint density at radius 1 is 1.21 bits per heavy atom. The van der Waals surface area contributed by atoms with Crippen molar-refractivity contribution in [2.24, 2.45) is 22.1 Å². The maximum absolute atomic E-state index is 14.5. The lowest BCUT2D eigenvalue weighted by Gasteiger charge is -2.49. The molecule has 0 radical (unpaired) electrons. The Morgan fingerprint density at radius 3 is 2.65 bits per heavy atom. The largest absolute Gasteiger partial charge is 0.381 e. The van der Waals surface area contributed by atoms with Gasteiger partial charge in [-0.3, -0.25) is 9.69 Å². The number of rotatable bonds is 9. The summed E-state index contributed by atoms with van der Waals surface area (Å²) in [5.41, 5.74) is 7.63. The van der Waals surface area contributed by atoms with Crippen LogP contribution < -0.4 is 5.73 Å². The number of nitrogens with zero attached hydrogens (tertiary/aromatic N) is 2. The molecule has 2 atom stereocenters. The fraction of sp³-hybridized carbons (Fsp3) is 0.714. The maximum Gasteiger partial charge on any atom is 0.262 e. The summed E-state index contributed by atoms with van der Waals surface area (Å²) in [6.07, 6.45) is 11.9. The third kappa shape index (κ3) is 4.17. The van der Waals surface area contributed by atoms with Crippen LogP contribution in [0.3, 0.4) is 0 Å². The zero-order valence-electron chi connectivity index (χ0n) is 20.9. The van der Waals surface area contributed by atoms with E-state index in [9.17, 15) is 4.79 Å². The lowest BCUT2D eigenvalue weighted by molar-refractivity contribution is -0.140. The van der Waals surface area contributed by atoms with Crippen molar-refractivity contribution in [2.75, 3.05) is 20.3 Å². The van der Waals surface area contributed by atoms with Crippen LogP contribution >= 0.6 is 0 Å². The van der Waals surface area contributed by atoms with E-state index in [-0.39, 0.29) is 23.5 Å². The third-order valence-electron chi connectivity index (χ3n) is 9.07. The van der Waals surface area contributed by atoms with Crippen LogP contribution in [-0.2, 0) is 26.2 Å². The van der Waals surface area contributed by atoms with Gasteiger partial charge in [-0.1, -0.05) is 44.0 Å². The molecule has 2 unspecified atom stereocenters. The van der Waals surface area contributed by atoms with E-state index < -0.39 is 5.54 Å². The average molecular weight is 468 g/mol. The fourth-order valence-corrected chi connectivity index (χ4v) is 6.67. The maximum atomic E-state index is 14.5. The van der Waals surface area contributed by atoms with Crippen molar-refractivity contribution in [1.29, 1.82) is 0 Å². The number of aryl methyl sites for hydroxylation is 1. The van der Waals surface area contributed by atoms with Gasteiger partial charge in [-0.25, -0.2) is 4.99 Å². The van der Waals surface area contributed by atoms with E-state index in [1.54, 1.807) is 12.0 Å². The van der Waals surface area contributed by atoms with Crippen molar-refractivity contribution in [3.8, 4) is 0 Å². The Hall–Kier alpha value is -1.92. The molecule has 34 heavy (non-hydrogen) atoms. The van der Waals surface area contributed by atoms with E-state index in [2.05, 4.69) is 31.2 Å². The monoisotopic (exact) mass is 467 g/mol. The van der Waals surface area contributed by atoms with Gasteiger partial charge in [-0.15, -0.1) is 0 Å². The van der Waals surface area contributed by atoms with Gasteiger partial charge in [0.15, 0.2) is 11.5 Å². The highest BCUT2D eigenvalue weighted by molar-refractivity contribution is 6.07. The number of amides is 1. The molecule has 0 aromatic heterocycles. The number of hydrogen-bond donors (Lipinski definition) is 1. The van der Waals surface area contributed by atoms with Crippen molar-refractivity contribution < 1.29 is 14.3 Å². The van der Waals surface area contributed by atoms with E-state index in [4.69, 9.17) is 20.2 Å². The standard InChI is InChI=1S/C28H41N3O3/c1-3-27(15-13-23(33-2)14-16-27)28(22-7-4-6-21(18-22)12-11-20-9-10-20)25(32)31(26(29)30-28)19-24-8-5-17-34-24/h4,6-7,18,20,23-24H,3,5,8-17,19H2,1-2H3,(H2,29,30). The van der Waals surface area contributed by atoms with Crippen LogP contribution in [0.1, 0.15) is 82.3 Å². The van der Waals surface area contributed by atoms with E-state index in [0.717, 1.165) is 69.5 Å². The number of nitrogens with two attached hydrogens (primary N) is 1. The van der Waals surface area contributed by atoms with Crippen molar-refractivity contribution >= 4 is 11.9 Å². The topological polar surface area (TPSA) is 77.1 Å². The van der Waals surface area contributed by atoms with Gasteiger partial charge in [0, 0.05) is 19.1 Å². The first-order valence-corrected chi connectivity index (χ1v) is 13.4. The molecule has 2 aliphatic carbocycles.